The van der Waals surface area contributed by atoms with E-state index in [1.807, 2.05) is 38.1 Å². The number of nitro groups is 1. The highest BCUT2D eigenvalue weighted by Crippen LogP contribution is 2.63. The first-order chi connectivity index (χ1) is 14.3. The van der Waals surface area contributed by atoms with Gasteiger partial charge in [0.15, 0.2) is 0 Å². The topological polar surface area (TPSA) is 94.6 Å². The first-order valence-electron chi connectivity index (χ1n) is 9.38. The average molecular weight is 425 g/mol. The maximum Gasteiger partial charge on any atom is 0.343 e. The van der Waals surface area contributed by atoms with E-state index in [1.54, 1.807) is 12.1 Å². The first-order valence-corrected chi connectivity index (χ1v) is 9.76. The van der Waals surface area contributed by atoms with Gasteiger partial charge in [0.1, 0.15) is 5.75 Å². The Balaban J connectivity index is 1.85. The summed E-state index contributed by atoms with van der Waals surface area (Å²) in [6, 6.07) is 13.6. The number of nitrogens with zero attached hydrogens (tertiary/aromatic N) is 1. The standard InChI is InChI=1S/C22H17ClN2O5/c1-21(2)19-13-5-3-4-6-16(13)24-22(21,30-17-9-10-29-20(26)18(17)19)14-8-7-12(25(27)28)11-15(14)23/h3-11,19,24H,1-2H3/t19-,22?/m1/s1. The summed E-state index contributed by atoms with van der Waals surface area (Å²) in [5, 5.41) is 14.9. The van der Waals surface area contributed by atoms with Gasteiger partial charge in [-0.05, 0) is 17.7 Å². The van der Waals surface area contributed by atoms with Crippen LogP contribution in [0.3, 0.4) is 0 Å². The molecule has 0 radical (unpaired) electrons. The molecule has 3 heterocycles. The molecule has 2 aliphatic rings. The van der Waals surface area contributed by atoms with Crippen molar-refractivity contribution in [3.63, 3.8) is 0 Å². The SMILES string of the molecule is CC1(C)[C@@H]2c3ccccc3NC1(c1ccc([N+](=O)[O-])cc1Cl)Oc1ccoc(=O)c12. The monoisotopic (exact) mass is 424 g/mol. The average Bonchev–Trinajstić information content (AvgIpc) is 2.68. The fraction of sp³-hybridized carbons (Fsp3) is 0.227. The van der Waals surface area contributed by atoms with Crippen LogP contribution in [0.25, 0.3) is 0 Å². The number of nitrogens with one attached hydrogen (secondary N) is 1. The van der Waals surface area contributed by atoms with Crippen molar-refractivity contribution in [3.8, 4) is 5.75 Å². The van der Waals surface area contributed by atoms with Crippen LogP contribution in [0.2, 0.25) is 5.02 Å². The fourth-order valence-corrected chi connectivity index (χ4v) is 5.08. The van der Waals surface area contributed by atoms with E-state index in [2.05, 4.69) is 5.32 Å². The quantitative estimate of drug-likeness (QED) is 0.458. The van der Waals surface area contributed by atoms with Crippen molar-refractivity contribution >= 4 is 23.0 Å². The minimum atomic E-state index is -1.17. The Kier molecular flexibility index (Phi) is 3.79. The summed E-state index contributed by atoms with van der Waals surface area (Å²) in [4.78, 5) is 23.4. The van der Waals surface area contributed by atoms with Crippen molar-refractivity contribution in [2.75, 3.05) is 5.32 Å². The van der Waals surface area contributed by atoms with Crippen LogP contribution in [-0.4, -0.2) is 4.92 Å². The number of hydrogen-bond acceptors (Lipinski definition) is 6. The smallest absolute Gasteiger partial charge is 0.343 e. The molecule has 0 spiro atoms. The van der Waals surface area contributed by atoms with Crippen LogP contribution in [0.15, 0.2) is 64.0 Å². The Morgan fingerprint density at radius 2 is 1.93 bits per heavy atom. The van der Waals surface area contributed by atoms with Crippen molar-refractivity contribution in [2.24, 2.45) is 5.41 Å². The second-order valence-electron chi connectivity index (χ2n) is 8.06. The summed E-state index contributed by atoms with van der Waals surface area (Å²) in [6.45, 7) is 3.96. The number of nitro benzene ring substituents is 1. The molecule has 2 atom stereocenters. The lowest BCUT2D eigenvalue weighted by molar-refractivity contribution is -0.384. The number of halogens is 1. The zero-order chi connectivity index (χ0) is 21.3. The summed E-state index contributed by atoms with van der Waals surface area (Å²) in [6.07, 6.45) is 1.30. The predicted octanol–water partition coefficient (Wildman–Crippen LogP) is 5.03. The molecule has 0 saturated carbocycles. The summed E-state index contributed by atoms with van der Waals surface area (Å²) in [5.41, 5.74) is 0.310. The van der Waals surface area contributed by atoms with Crippen LogP contribution < -0.4 is 15.7 Å². The number of hydrogen-bond donors (Lipinski definition) is 1. The second kappa shape index (κ2) is 6.09. The van der Waals surface area contributed by atoms with Gasteiger partial charge in [0.05, 0.1) is 21.8 Å². The van der Waals surface area contributed by atoms with Crippen LogP contribution in [0.5, 0.6) is 5.75 Å². The lowest BCUT2D eigenvalue weighted by Crippen LogP contribution is -2.61. The number of ether oxygens (including phenoxy) is 1. The normalized spacial score (nSPS) is 22.8. The Morgan fingerprint density at radius 3 is 2.67 bits per heavy atom. The van der Waals surface area contributed by atoms with Gasteiger partial charge in [-0.15, -0.1) is 0 Å². The molecule has 1 aromatic heterocycles. The number of rotatable bonds is 2. The molecule has 3 aromatic rings. The molecule has 0 fully saturated rings. The van der Waals surface area contributed by atoms with Gasteiger partial charge in [0.25, 0.3) is 5.69 Å². The lowest BCUT2D eigenvalue weighted by atomic mass is 9.59. The van der Waals surface area contributed by atoms with E-state index in [4.69, 9.17) is 20.8 Å². The highest BCUT2D eigenvalue weighted by Gasteiger charge is 2.62. The first kappa shape index (κ1) is 18.7. The van der Waals surface area contributed by atoms with E-state index in [9.17, 15) is 14.9 Å². The van der Waals surface area contributed by atoms with E-state index in [-0.39, 0.29) is 16.6 Å². The molecule has 1 N–H and O–H groups in total. The highest BCUT2D eigenvalue weighted by atomic mass is 35.5. The van der Waals surface area contributed by atoms with Gasteiger partial charge in [-0.3, -0.25) is 10.1 Å². The zero-order valence-corrected chi connectivity index (χ0v) is 16.9. The molecule has 0 aliphatic carbocycles. The third-order valence-electron chi connectivity index (χ3n) is 6.19. The molecule has 2 aliphatic heterocycles. The fourth-order valence-electron chi connectivity index (χ4n) is 4.78. The molecule has 8 heteroatoms. The molecule has 7 nitrogen and oxygen atoms in total. The molecule has 1 unspecified atom stereocenters. The van der Waals surface area contributed by atoms with Gasteiger partial charge < -0.3 is 14.5 Å². The number of non-ortho nitro benzene ring substituents is 1. The number of para-hydroxylation sites is 1. The summed E-state index contributed by atoms with van der Waals surface area (Å²) in [5.74, 6) is 0.0504. The van der Waals surface area contributed by atoms with Gasteiger partial charge in [0, 0.05) is 40.8 Å². The largest absolute Gasteiger partial charge is 0.463 e. The van der Waals surface area contributed by atoms with E-state index in [1.165, 1.54) is 18.4 Å². The summed E-state index contributed by atoms with van der Waals surface area (Å²) in [7, 11) is 0. The summed E-state index contributed by atoms with van der Waals surface area (Å²) >= 11 is 6.55. The predicted molar refractivity (Wildman–Crippen MR) is 111 cm³/mol. The van der Waals surface area contributed by atoms with Crippen LogP contribution in [0, 0.1) is 15.5 Å². The third-order valence-corrected chi connectivity index (χ3v) is 6.50. The molecular formula is C22H17ClN2O5. The number of fused-ring (bicyclic) bond motifs is 6. The number of anilines is 1. The molecule has 2 aromatic carbocycles. The molecule has 30 heavy (non-hydrogen) atoms. The maximum atomic E-state index is 12.7. The van der Waals surface area contributed by atoms with Crippen LogP contribution in [0.4, 0.5) is 11.4 Å². The van der Waals surface area contributed by atoms with E-state index >= 15 is 0 Å². The van der Waals surface area contributed by atoms with Crippen molar-refractivity contribution < 1.29 is 14.1 Å². The highest BCUT2D eigenvalue weighted by molar-refractivity contribution is 6.31. The maximum absolute atomic E-state index is 12.7. The van der Waals surface area contributed by atoms with Crippen LogP contribution >= 0.6 is 11.6 Å². The molecule has 0 saturated heterocycles. The second-order valence-corrected chi connectivity index (χ2v) is 8.46. The molecule has 5 rings (SSSR count). The molecule has 152 valence electrons. The Morgan fingerprint density at radius 1 is 1.17 bits per heavy atom. The van der Waals surface area contributed by atoms with Crippen LogP contribution in [-0.2, 0) is 5.72 Å². The summed E-state index contributed by atoms with van der Waals surface area (Å²) < 4.78 is 11.7. The van der Waals surface area contributed by atoms with Crippen molar-refractivity contribution in [1.82, 2.24) is 0 Å². The van der Waals surface area contributed by atoms with E-state index in [0.717, 1.165) is 11.3 Å². The molecular weight excluding hydrogens is 408 g/mol. The zero-order valence-electron chi connectivity index (χ0n) is 16.1. The van der Waals surface area contributed by atoms with Gasteiger partial charge >= 0.3 is 5.63 Å². The van der Waals surface area contributed by atoms with Crippen molar-refractivity contribution in [1.29, 1.82) is 0 Å². The minimum absolute atomic E-state index is 0.109. The van der Waals surface area contributed by atoms with Gasteiger partial charge in [-0.25, -0.2) is 4.79 Å². The number of benzene rings is 2. The van der Waals surface area contributed by atoms with Gasteiger partial charge in [0.2, 0.25) is 5.72 Å². The van der Waals surface area contributed by atoms with Crippen molar-refractivity contribution in [3.05, 3.63) is 97.0 Å². The van der Waals surface area contributed by atoms with Crippen molar-refractivity contribution in [2.45, 2.75) is 25.5 Å². The molecule has 0 amide bonds. The van der Waals surface area contributed by atoms with Gasteiger partial charge in [-0.1, -0.05) is 43.6 Å². The lowest BCUT2D eigenvalue weighted by Gasteiger charge is -2.57. The third kappa shape index (κ3) is 2.29. The Bertz CT molecular complexity index is 1270. The molecule has 2 bridgehead atoms. The Hall–Kier alpha value is -3.32. The van der Waals surface area contributed by atoms with E-state index < -0.39 is 21.7 Å². The van der Waals surface area contributed by atoms with Crippen LogP contribution in [0.1, 0.15) is 36.5 Å². The van der Waals surface area contributed by atoms with Gasteiger partial charge in [-0.2, -0.15) is 0 Å². The Labute approximate surface area is 176 Å². The minimum Gasteiger partial charge on any atom is -0.463 e. The van der Waals surface area contributed by atoms with E-state index in [0.29, 0.717) is 16.9 Å².